The number of nitrogens with zero attached hydrogens (tertiary/aromatic N) is 3. The summed E-state index contributed by atoms with van der Waals surface area (Å²) in [5.41, 5.74) is 2.89. The molecule has 0 spiro atoms. The van der Waals surface area contributed by atoms with Crippen LogP contribution < -0.4 is 9.64 Å². The minimum Gasteiger partial charge on any atom is -0.494 e. The first kappa shape index (κ1) is 22.6. The Morgan fingerprint density at radius 3 is 2.81 bits per heavy atom. The number of fused-ring (bicyclic) bond motifs is 1. The maximum absolute atomic E-state index is 11.8. The second-order valence-corrected chi connectivity index (χ2v) is 7.83. The Balaban J connectivity index is 1.50. The summed E-state index contributed by atoms with van der Waals surface area (Å²) in [5.74, 6) is 1.63. The van der Waals surface area contributed by atoms with Crippen molar-refractivity contribution in [2.24, 2.45) is 0 Å². The van der Waals surface area contributed by atoms with Gasteiger partial charge >= 0.3 is 5.97 Å². The van der Waals surface area contributed by atoms with E-state index in [-0.39, 0.29) is 12.1 Å². The molecule has 6 heteroatoms. The van der Waals surface area contributed by atoms with E-state index in [1.165, 1.54) is 5.56 Å². The maximum Gasteiger partial charge on any atom is 0.306 e. The van der Waals surface area contributed by atoms with Gasteiger partial charge in [0.1, 0.15) is 23.7 Å². The molecule has 0 N–H and O–H groups in total. The molecule has 0 radical (unpaired) electrons. The quantitative estimate of drug-likeness (QED) is 0.377. The largest absolute Gasteiger partial charge is 0.494 e. The number of ether oxygens (including phenoxy) is 2. The number of anilines is 1. The fourth-order valence-electron chi connectivity index (χ4n) is 3.88. The van der Waals surface area contributed by atoms with E-state index < -0.39 is 0 Å². The molecular weight excluding hydrogens is 390 g/mol. The number of hydrogen-bond acceptors (Lipinski definition) is 6. The summed E-state index contributed by atoms with van der Waals surface area (Å²) in [4.78, 5) is 18.5. The molecule has 0 fully saturated rings. The predicted octanol–water partition coefficient (Wildman–Crippen LogP) is 4.97. The topological polar surface area (TPSA) is 75.5 Å². The van der Waals surface area contributed by atoms with Gasteiger partial charge in [0.15, 0.2) is 0 Å². The molecule has 1 atom stereocenters. The molecule has 0 bridgehead atoms. The van der Waals surface area contributed by atoms with E-state index in [1.807, 2.05) is 25.1 Å². The van der Waals surface area contributed by atoms with Gasteiger partial charge in [0.25, 0.3) is 0 Å². The van der Waals surface area contributed by atoms with E-state index in [0.717, 1.165) is 62.3 Å². The Morgan fingerprint density at radius 2 is 2.10 bits per heavy atom. The van der Waals surface area contributed by atoms with Gasteiger partial charge in [0, 0.05) is 25.7 Å². The molecule has 0 saturated heterocycles. The molecular formula is C25H31N3O3. The molecule has 3 rings (SSSR count). The van der Waals surface area contributed by atoms with Gasteiger partial charge in [-0.05, 0) is 67.5 Å². The minimum atomic E-state index is -0.120. The molecule has 1 aliphatic rings. The van der Waals surface area contributed by atoms with E-state index in [4.69, 9.17) is 14.7 Å². The lowest BCUT2D eigenvalue weighted by atomic mass is 10.1. The molecule has 0 aliphatic heterocycles. The molecule has 6 nitrogen and oxygen atoms in total. The van der Waals surface area contributed by atoms with Crippen molar-refractivity contribution in [3.05, 3.63) is 53.2 Å². The smallest absolute Gasteiger partial charge is 0.306 e. The van der Waals surface area contributed by atoms with Crippen molar-refractivity contribution < 1.29 is 14.3 Å². The Labute approximate surface area is 184 Å². The molecule has 0 unspecified atom stereocenters. The van der Waals surface area contributed by atoms with Crippen LogP contribution in [0, 0.1) is 11.3 Å². The molecule has 0 amide bonds. The standard InChI is InChI=1S/C25H31N3O3/c1-3-6-25(29)31-23-11-8-20-16-21(9-10-22(20)23)30-15-5-14-28(13-4-2)24-12-7-19(17-26)18-27-24/h7,9-10,12,16,18,23H,3-6,8,11,13-15H2,1-2H3/t23-/m0/s1. The molecule has 1 aromatic heterocycles. The zero-order valence-corrected chi connectivity index (χ0v) is 18.5. The number of nitriles is 1. The number of carbonyl (C=O) groups excluding carboxylic acids is 1. The third-order valence-electron chi connectivity index (χ3n) is 5.40. The number of benzene rings is 1. The fraction of sp³-hybridized carbons (Fsp3) is 0.480. The normalized spacial score (nSPS) is 14.5. The Bertz CT molecular complexity index is 905. The van der Waals surface area contributed by atoms with Crippen molar-refractivity contribution in [2.45, 2.75) is 58.5 Å². The van der Waals surface area contributed by atoms with Crippen molar-refractivity contribution in [3.63, 3.8) is 0 Å². The van der Waals surface area contributed by atoms with E-state index in [1.54, 1.807) is 12.3 Å². The van der Waals surface area contributed by atoms with E-state index in [9.17, 15) is 4.79 Å². The average molecular weight is 422 g/mol. The molecule has 1 aromatic carbocycles. The van der Waals surface area contributed by atoms with Gasteiger partial charge in [-0.1, -0.05) is 19.9 Å². The van der Waals surface area contributed by atoms with Crippen molar-refractivity contribution >= 4 is 11.8 Å². The van der Waals surface area contributed by atoms with E-state index >= 15 is 0 Å². The summed E-state index contributed by atoms with van der Waals surface area (Å²) >= 11 is 0. The van der Waals surface area contributed by atoms with Crippen LogP contribution in [0.1, 0.15) is 68.7 Å². The highest BCUT2D eigenvalue weighted by atomic mass is 16.5. The number of rotatable bonds is 11. The highest BCUT2D eigenvalue weighted by Gasteiger charge is 2.26. The summed E-state index contributed by atoms with van der Waals surface area (Å²) in [5, 5.41) is 8.94. The first-order valence-electron chi connectivity index (χ1n) is 11.2. The minimum absolute atomic E-state index is 0.117. The lowest BCUT2D eigenvalue weighted by Gasteiger charge is -2.23. The van der Waals surface area contributed by atoms with Crippen LogP contribution in [-0.2, 0) is 16.0 Å². The third-order valence-corrected chi connectivity index (χ3v) is 5.40. The summed E-state index contributed by atoms with van der Waals surface area (Å²) in [7, 11) is 0. The number of aryl methyl sites for hydroxylation is 1. The van der Waals surface area contributed by atoms with Crippen molar-refractivity contribution in [1.82, 2.24) is 4.98 Å². The number of pyridine rings is 1. The number of esters is 1. The van der Waals surface area contributed by atoms with Crippen LogP contribution in [0.15, 0.2) is 36.5 Å². The number of aromatic nitrogens is 1. The van der Waals surface area contributed by atoms with E-state index in [0.29, 0.717) is 18.6 Å². The second-order valence-electron chi connectivity index (χ2n) is 7.83. The van der Waals surface area contributed by atoms with E-state index in [2.05, 4.69) is 28.9 Å². The van der Waals surface area contributed by atoms with Gasteiger partial charge in [-0.15, -0.1) is 0 Å². The second kappa shape index (κ2) is 11.4. The van der Waals surface area contributed by atoms with Gasteiger partial charge in [0.2, 0.25) is 0 Å². The molecule has 164 valence electrons. The highest BCUT2D eigenvalue weighted by Crippen LogP contribution is 2.36. The Hall–Kier alpha value is -3.07. The van der Waals surface area contributed by atoms with Crippen LogP contribution in [0.3, 0.4) is 0 Å². The zero-order chi connectivity index (χ0) is 22.1. The molecule has 2 aromatic rings. The van der Waals surface area contributed by atoms with Crippen LogP contribution in [-0.4, -0.2) is 30.6 Å². The average Bonchev–Trinajstić information content (AvgIpc) is 3.18. The maximum atomic E-state index is 11.8. The molecule has 0 saturated carbocycles. The summed E-state index contributed by atoms with van der Waals surface area (Å²) in [6, 6.07) is 11.9. The summed E-state index contributed by atoms with van der Waals surface area (Å²) in [6.45, 7) is 6.49. The fourth-order valence-corrected chi connectivity index (χ4v) is 3.88. The predicted molar refractivity (Wildman–Crippen MR) is 120 cm³/mol. The van der Waals surface area contributed by atoms with Crippen LogP contribution in [0.4, 0.5) is 5.82 Å². The summed E-state index contributed by atoms with van der Waals surface area (Å²) < 4.78 is 11.6. The van der Waals surface area contributed by atoms with Crippen LogP contribution in [0.25, 0.3) is 0 Å². The third kappa shape index (κ3) is 6.21. The first-order chi connectivity index (χ1) is 15.1. The molecule has 1 aliphatic carbocycles. The van der Waals surface area contributed by atoms with Gasteiger partial charge in [-0.2, -0.15) is 5.26 Å². The van der Waals surface area contributed by atoms with Gasteiger partial charge < -0.3 is 14.4 Å². The van der Waals surface area contributed by atoms with Crippen molar-refractivity contribution in [3.8, 4) is 11.8 Å². The number of hydrogen-bond donors (Lipinski definition) is 0. The lowest BCUT2D eigenvalue weighted by Crippen LogP contribution is -2.27. The van der Waals surface area contributed by atoms with Gasteiger partial charge in [-0.3, -0.25) is 4.79 Å². The molecule has 1 heterocycles. The van der Waals surface area contributed by atoms with Crippen LogP contribution in [0.2, 0.25) is 0 Å². The summed E-state index contributed by atoms with van der Waals surface area (Å²) in [6.07, 6.45) is 6.43. The van der Waals surface area contributed by atoms with Crippen LogP contribution >= 0.6 is 0 Å². The Kier molecular flexibility index (Phi) is 8.28. The van der Waals surface area contributed by atoms with Crippen molar-refractivity contribution in [2.75, 3.05) is 24.6 Å². The van der Waals surface area contributed by atoms with Gasteiger partial charge in [-0.25, -0.2) is 4.98 Å². The first-order valence-corrected chi connectivity index (χ1v) is 11.2. The zero-order valence-electron chi connectivity index (χ0n) is 18.5. The Morgan fingerprint density at radius 1 is 1.23 bits per heavy atom. The SMILES string of the molecule is CCCC(=O)O[C@H]1CCc2cc(OCCCN(CCC)c3ccc(C#N)cn3)ccc21. The van der Waals surface area contributed by atoms with Crippen molar-refractivity contribution in [1.29, 1.82) is 5.26 Å². The van der Waals surface area contributed by atoms with Crippen LogP contribution in [0.5, 0.6) is 5.75 Å². The van der Waals surface area contributed by atoms with Gasteiger partial charge in [0.05, 0.1) is 12.2 Å². The molecule has 31 heavy (non-hydrogen) atoms. The lowest BCUT2D eigenvalue weighted by molar-refractivity contribution is -0.149. The monoisotopic (exact) mass is 421 g/mol. The highest BCUT2D eigenvalue weighted by molar-refractivity contribution is 5.69. The number of carbonyl (C=O) groups is 1.